The van der Waals surface area contributed by atoms with Crippen LogP contribution in [-0.2, 0) is 4.79 Å². The van der Waals surface area contributed by atoms with E-state index in [9.17, 15) is 15.0 Å². The maximum atomic E-state index is 10.7. The van der Waals surface area contributed by atoms with Gasteiger partial charge in [0.2, 0.25) is 0 Å². The number of aromatic hydroxyl groups is 2. The molecule has 0 heterocycles. The van der Waals surface area contributed by atoms with Crippen molar-refractivity contribution in [1.29, 1.82) is 0 Å². The van der Waals surface area contributed by atoms with Crippen molar-refractivity contribution in [1.82, 2.24) is 4.90 Å². The molecule has 1 fully saturated rings. The summed E-state index contributed by atoms with van der Waals surface area (Å²) in [6.45, 7) is 2.38. The molecule has 1 atom stereocenters. The lowest BCUT2D eigenvalue weighted by molar-refractivity contribution is -0.137. The van der Waals surface area contributed by atoms with Gasteiger partial charge in [0, 0.05) is 24.2 Å². The molecule has 5 heteroatoms. The van der Waals surface area contributed by atoms with Gasteiger partial charge in [-0.1, -0.05) is 0 Å². The second-order valence-electron chi connectivity index (χ2n) is 5.03. The Morgan fingerprint density at radius 1 is 1.42 bits per heavy atom. The zero-order valence-corrected chi connectivity index (χ0v) is 10.9. The summed E-state index contributed by atoms with van der Waals surface area (Å²) in [6.07, 6.45) is 2.20. The molecule has 0 spiro atoms. The first-order valence-electron chi connectivity index (χ1n) is 6.48. The van der Waals surface area contributed by atoms with Crippen LogP contribution in [0.2, 0.25) is 0 Å². The first kappa shape index (κ1) is 13.7. The Bertz CT molecular complexity index is 471. The molecule has 1 aromatic rings. The fourth-order valence-electron chi connectivity index (χ4n) is 2.38. The number of benzene rings is 1. The van der Waals surface area contributed by atoms with Gasteiger partial charge in [-0.3, -0.25) is 9.69 Å². The maximum absolute atomic E-state index is 10.7. The van der Waals surface area contributed by atoms with Crippen molar-refractivity contribution in [3.8, 4) is 11.5 Å². The summed E-state index contributed by atoms with van der Waals surface area (Å²) in [6, 6.07) is 4.71. The Kier molecular flexibility index (Phi) is 3.95. The van der Waals surface area contributed by atoms with Crippen LogP contribution in [0.25, 0.3) is 0 Å². The zero-order chi connectivity index (χ0) is 14.0. The maximum Gasteiger partial charge on any atom is 0.304 e. The summed E-state index contributed by atoms with van der Waals surface area (Å²) in [5.41, 5.74) is 0.636. The number of carbonyl (C=O) groups is 1. The van der Waals surface area contributed by atoms with Gasteiger partial charge in [0.05, 0.1) is 6.42 Å². The largest absolute Gasteiger partial charge is 0.508 e. The van der Waals surface area contributed by atoms with E-state index in [0.717, 1.165) is 12.8 Å². The van der Waals surface area contributed by atoms with Crippen LogP contribution >= 0.6 is 0 Å². The summed E-state index contributed by atoms with van der Waals surface area (Å²) in [4.78, 5) is 12.8. The Balaban J connectivity index is 2.16. The lowest BCUT2D eigenvalue weighted by atomic mass is 10.0. The fourth-order valence-corrected chi connectivity index (χ4v) is 2.38. The average molecular weight is 265 g/mol. The first-order valence-corrected chi connectivity index (χ1v) is 6.48. The number of hydrogen-bond donors (Lipinski definition) is 3. The average Bonchev–Trinajstić information content (AvgIpc) is 3.16. The zero-order valence-electron chi connectivity index (χ0n) is 10.9. The van der Waals surface area contributed by atoms with E-state index in [1.165, 1.54) is 18.2 Å². The van der Waals surface area contributed by atoms with E-state index in [-0.39, 0.29) is 24.0 Å². The molecule has 1 saturated carbocycles. The lowest BCUT2D eigenvalue weighted by Crippen LogP contribution is -2.31. The second-order valence-corrected chi connectivity index (χ2v) is 5.03. The lowest BCUT2D eigenvalue weighted by Gasteiger charge is -2.29. The highest BCUT2D eigenvalue weighted by Gasteiger charge is 2.33. The minimum atomic E-state index is -0.821. The molecule has 1 aliphatic rings. The van der Waals surface area contributed by atoms with Gasteiger partial charge in [-0.15, -0.1) is 0 Å². The molecule has 0 radical (unpaired) electrons. The van der Waals surface area contributed by atoms with Crippen molar-refractivity contribution in [2.75, 3.05) is 6.54 Å². The molecule has 0 aliphatic heterocycles. The molecule has 1 aliphatic carbocycles. The van der Waals surface area contributed by atoms with E-state index in [0.29, 0.717) is 18.2 Å². The van der Waals surface area contributed by atoms with Crippen LogP contribution in [0.15, 0.2) is 18.2 Å². The standard InChI is InChI=1S/C14H19NO4/c1-9(12-8-11(16)4-5-13(12)17)15(10-2-3-10)7-6-14(18)19/h4-5,8-10,16-17H,2-3,6-7H2,1H3,(H,18,19). The molecule has 104 valence electrons. The molecular weight excluding hydrogens is 246 g/mol. The van der Waals surface area contributed by atoms with E-state index in [2.05, 4.69) is 4.90 Å². The summed E-state index contributed by atoms with van der Waals surface area (Å²) < 4.78 is 0. The number of rotatable bonds is 6. The van der Waals surface area contributed by atoms with Gasteiger partial charge < -0.3 is 15.3 Å². The van der Waals surface area contributed by atoms with Crippen molar-refractivity contribution in [2.45, 2.75) is 38.3 Å². The van der Waals surface area contributed by atoms with E-state index in [1.54, 1.807) is 0 Å². The SMILES string of the molecule is CC(c1cc(O)ccc1O)N(CCC(=O)O)C1CC1. The Labute approximate surface area is 112 Å². The van der Waals surface area contributed by atoms with Gasteiger partial charge in [0.1, 0.15) is 11.5 Å². The van der Waals surface area contributed by atoms with Gasteiger partial charge in [-0.25, -0.2) is 0 Å². The molecule has 1 unspecified atom stereocenters. The minimum Gasteiger partial charge on any atom is -0.508 e. The van der Waals surface area contributed by atoms with Crippen molar-refractivity contribution in [3.05, 3.63) is 23.8 Å². The van der Waals surface area contributed by atoms with Crippen molar-refractivity contribution < 1.29 is 20.1 Å². The third-order valence-corrected chi connectivity index (χ3v) is 3.56. The number of nitrogens with zero attached hydrogens (tertiary/aromatic N) is 1. The Hall–Kier alpha value is -1.75. The van der Waals surface area contributed by atoms with Gasteiger partial charge >= 0.3 is 5.97 Å². The van der Waals surface area contributed by atoms with E-state index in [4.69, 9.17) is 5.11 Å². The van der Waals surface area contributed by atoms with Crippen LogP contribution in [0.4, 0.5) is 0 Å². The van der Waals surface area contributed by atoms with Crippen LogP contribution in [0.5, 0.6) is 11.5 Å². The van der Waals surface area contributed by atoms with E-state index in [1.807, 2.05) is 6.92 Å². The normalized spacial score (nSPS) is 16.5. The number of carboxylic acids is 1. The Morgan fingerprint density at radius 3 is 2.68 bits per heavy atom. The third kappa shape index (κ3) is 3.38. The highest BCUT2D eigenvalue weighted by atomic mass is 16.4. The Morgan fingerprint density at radius 2 is 2.11 bits per heavy atom. The fraction of sp³-hybridized carbons (Fsp3) is 0.500. The number of phenolic OH excluding ortho intramolecular Hbond substituents is 2. The third-order valence-electron chi connectivity index (χ3n) is 3.56. The molecule has 0 aromatic heterocycles. The van der Waals surface area contributed by atoms with Crippen LogP contribution in [0.1, 0.15) is 37.8 Å². The molecule has 0 amide bonds. The second kappa shape index (κ2) is 5.48. The van der Waals surface area contributed by atoms with Crippen molar-refractivity contribution in [2.24, 2.45) is 0 Å². The molecular formula is C14H19NO4. The molecule has 1 aromatic carbocycles. The summed E-state index contributed by atoms with van der Waals surface area (Å²) in [5.74, 6) is -0.585. The van der Waals surface area contributed by atoms with Gasteiger partial charge in [0.15, 0.2) is 0 Å². The predicted molar refractivity (Wildman–Crippen MR) is 70.2 cm³/mol. The van der Waals surface area contributed by atoms with E-state index < -0.39 is 5.97 Å². The summed E-state index contributed by atoms with van der Waals surface area (Å²) in [5, 5.41) is 28.2. The number of aliphatic carboxylic acids is 1. The molecule has 5 nitrogen and oxygen atoms in total. The van der Waals surface area contributed by atoms with Gasteiger partial charge in [-0.2, -0.15) is 0 Å². The van der Waals surface area contributed by atoms with E-state index >= 15 is 0 Å². The molecule has 3 N–H and O–H groups in total. The van der Waals surface area contributed by atoms with Crippen LogP contribution < -0.4 is 0 Å². The number of hydrogen-bond acceptors (Lipinski definition) is 4. The van der Waals surface area contributed by atoms with Crippen LogP contribution in [0.3, 0.4) is 0 Å². The topological polar surface area (TPSA) is 81.0 Å². The summed E-state index contributed by atoms with van der Waals surface area (Å²) >= 11 is 0. The predicted octanol–water partition coefficient (Wildman–Crippen LogP) is 2.10. The van der Waals surface area contributed by atoms with Crippen LogP contribution in [0, 0.1) is 0 Å². The smallest absolute Gasteiger partial charge is 0.304 e. The van der Waals surface area contributed by atoms with Crippen LogP contribution in [-0.4, -0.2) is 38.8 Å². The molecule has 0 saturated heterocycles. The van der Waals surface area contributed by atoms with Gasteiger partial charge in [-0.05, 0) is 38.0 Å². The van der Waals surface area contributed by atoms with Gasteiger partial charge in [0.25, 0.3) is 0 Å². The van der Waals surface area contributed by atoms with Crippen molar-refractivity contribution in [3.63, 3.8) is 0 Å². The molecule has 19 heavy (non-hydrogen) atoms. The molecule has 0 bridgehead atoms. The minimum absolute atomic E-state index is 0.0837. The quantitative estimate of drug-likeness (QED) is 0.686. The number of phenols is 2. The first-order chi connectivity index (χ1) is 8.99. The summed E-state index contributed by atoms with van der Waals surface area (Å²) in [7, 11) is 0. The highest BCUT2D eigenvalue weighted by molar-refractivity contribution is 5.66. The number of carboxylic acid groups (broad SMARTS) is 1. The highest BCUT2D eigenvalue weighted by Crippen LogP contribution is 2.38. The monoisotopic (exact) mass is 265 g/mol. The van der Waals surface area contributed by atoms with Crippen molar-refractivity contribution >= 4 is 5.97 Å². The molecule has 2 rings (SSSR count).